The second-order valence-electron chi connectivity index (χ2n) is 8.53. The molecule has 7 rings (SSSR count). The van der Waals surface area contributed by atoms with Crippen molar-refractivity contribution >= 4 is 53.6 Å². The topological polar surface area (TPSA) is 98.4 Å². The van der Waals surface area contributed by atoms with Crippen molar-refractivity contribution in [1.82, 2.24) is 24.4 Å². The van der Waals surface area contributed by atoms with Gasteiger partial charge >= 0.3 is 0 Å². The van der Waals surface area contributed by atoms with E-state index in [0.29, 0.717) is 16.7 Å². The number of pyridine rings is 1. The van der Waals surface area contributed by atoms with Crippen LogP contribution in [0.3, 0.4) is 0 Å². The fourth-order valence-corrected chi connectivity index (χ4v) is 5.93. The molecule has 0 spiro atoms. The lowest BCUT2D eigenvalue weighted by molar-refractivity contribution is 0.860. The predicted octanol–water partition coefficient (Wildman–Crippen LogP) is 5.31. The van der Waals surface area contributed by atoms with Crippen molar-refractivity contribution in [3.63, 3.8) is 0 Å². The Morgan fingerprint density at radius 1 is 0.886 bits per heavy atom. The number of benzene rings is 3. The van der Waals surface area contributed by atoms with Gasteiger partial charge in [-0.3, -0.25) is 5.41 Å². The molecule has 0 aliphatic heterocycles. The molecule has 4 heterocycles. The Morgan fingerprint density at radius 2 is 1.66 bits per heavy atom. The molecule has 0 saturated heterocycles. The van der Waals surface area contributed by atoms with Gasteiger partial charge in [0.1, 0.15) is 6.33 Å². The van der Waals surface area contributed by atoms with Gasteiger partial charge in [-0.15, -0.1) is 11.3 Å². The molecule has 7 aromatic rings. The molecule has 3 N–H and O–H groups in total. The molecule has 0 unspecified atom stereocenters. The van der Waals surface area contributed by atoms with E-state index >= 15 is 0 Å². The van der Waals surface area contributed by atoms with Crippen LogP contribution >= 0.6 is 11.3 Å². The number of nitrogens with two attached hydrogens (primary N) is 1. The fraction of sp³-hybridized carbons (Fsp3) is 0.0370. The van der Waals surface area contributed by atoms with E-state index < -0.39 is 0 Å². The zero-order valence-corrected chi connectivity index (χ0v) is 19.5. The largest absolute Gasteiger partial charge is 0.336 e. The summed E-state index contributed by atoms with van der Waals surface area (Å²) >= 11 is 1.78. The first-order chi connectivity index (χ1) is 17.1. The van der Waals surface area contributed by atoms with E-state index in [9.17, 15) is 0 Å². The number of thiophene rings is 1. The smallest absolute Gasteiger partial charge is 0.167 e. The standard InChI is InChI=1S/C27H19N7S/c1-15-22-23(16-11-12-21-19(13-16)18-9-5-6-10-20(18)35-21)24-25(28)33(29)14-30-26(24)31-27(22)34(32-15)17-7-3-2-4-8-17/h2-14,28H,29H2,1H3. The Labute approximate surface area is 203 Å². The predicted molar refractivity (Wildman–Crippen MR) is 141 cm³/mol. The molecule has 0 saturated carbocycles. The molecule has 7 nitrogen and oxygen atoms in total. The normalized spacial score (nSPS) is 11.8. The van der Waals surface area contributed by atoms with Gasteiger partial charge in [0, 0.05) is 25.7 Å². The third kappa shape index (κ3) is 2.83. The minimum Gasteiger partial charge on any atom is -0.336 e. The Bertz CT molecular complexity index is 2000. The lowest BCUT2D eigenvalue weighted by atomic mass is 9.97. The van der Waals surface area contributed by atoms with Crippen LogP contribution in [0.2, 0.25) is 0 Å². The first kappa shape index (κ1) is 19.9. The molecule has 8 heteroatoms. The summed E-state index contributed by atoms with van der Waals surface area (Å²) in [4.78, 5) is 9.36. The number of aryl methyl sites for hydroxylation is 1. The molecule has 0 amide bonds. The zero-order valence-electron chi connectivity index (χ0n) is 18.7. The summed E-state index contributed by atoms with van der Waals surface area (Å²) < 4.78 is 5.55. The van der Waals surface area contributed by atoms with Gasteiger partial charge in [-0.1, -0.05) is 42.5 Å². The van der Waals surface area contributed by atoms with Gasteiger partial charge in [-0.2, -0.15) is 5.10 Å². The number of nitrogen functional groups attached to an aromatic ring is 1. The maximum Gasteiger partial charge on any atom is 0.167 e. The Hall–Kier alpha value is -4.56. The summed E-state index contributed by atoms with van der Waals surface area (Å²) in [6.07, 6.45) is 1.43. The zero-order chi connectivity index (χ0) is 23.7. The molecule has 0 atom stereocenters. The number of rotatable bonds is 2. The van der Waals surface area contributed by atoms with E-state index in [-0.39, 0.29) is 5.49 Å². The van der Waals surface area contributed by atoms with Gasteiger partial charge in [-0.05, 0) is 42.8 Å². The summed E-state index contributed by atoms with van der Waals surface area (Å²) in [5.74, 6) is 6.08. The third-order valence-corrected chi connectivity index (χ3v) is 7.59. The second-order valence-corrected chi connectivity index (χ2v) is 9.61. The maximum atomic E-state index is 8.79. The van der Waals surface area contributed by atoms with Gasteiger partial charge in [0.25, 0.3) is 0 Å². The van der Waals surface area contributed by atoms with Gasteiger partial charge in [0.2, 0.25) is 0 Å². The van der Waals surface area contributed by atoms with Crippen molar-refractivity contribution in [2.24, 2.45) is 0 Å². The van der Waals surface area contributed by atoms with Gasteiger partial charge in [0.15, 0.2) is 16.8 Å². The number of hydrogen-bond acceptors (Lipinski definition) is 6. The second kappa shape index (κ2) is 7.22. The Morgan fingerprint density at radius 3 is 2.51 bits per heavy atom. The number of nitrogens with one attached hydrogen (secondary N) is 1. The fourth-order valence-electron chi connectivity index (χ4n) is 4.84. The highest BCUT2D eigenvalue weighted by Crippen LogP contribution is 2.40. The average molecular weight is 474 g/mol. The minimum absolute atomic E-state index is 0.154. The van der Waals surface area contributed by atoms with Crippen LogP contribution in [0.5, 0.6) is 0 Å². The molecule has 0 bridgehead atoms. The van der Waals surface area contributed by atoms with E-state index in [1.165, 1.54) is 31.2 Å². The first-order valence-corrected chi connectivity index (χ1v) is 12.0. The first-order valence-electron chi connectivity index (χ1n) is 11.2. The van der Waals surface area contributed by atoms with Crippen LogP contribution in [0, 0.1) is 12.3 Å². The molecule has 0 radical (unpaired) electrons. The van der Waals surface area contributed by atoms with Crippen LogP contribution in [-0.2, 0) is 0 Å². The summed E-state index contributed by atoms with van der Waals surface area (Å²) in [5, 5.41) is 17.6. The van der Waals surface area contributed by atoms with Crippen molar-refractivity contribution < 1.29 is 0 Å². The maximum absolute atomic E-state index is 8.79. The molecular formula is C27H19N7S. The van der Waals surface area contributed by atoms with Crippen molar-refractivity contribution in [3.8, 4) is 16.8 Å². The van der Waals surface area contributed by atoms with E-state index in [0.717, 1.165) is 27.9 Å². The van der Waals surface area contributed by atoms with Crippen LogP contribution in [0.25, 0.3) is 59.1 Å². The highest BCUT2D eigenvalue weighted by atomic mass is 32.1. The van der Waals surface area contributed by atoms with Crippen LogP contribution in [0.4, 0.5) is 0 Å². The number of aromatic nitrogens is 5. The number of fused-ring (bicyclic) bond motifs is 5. The summed E-state index contributed by atoms with van der Waals surface area (Å²) in [7, 11) is 0. The van der Waals surface area contributed by atoms with Crippen LogP contribution in [0.15, 0.2) is 79.1 Å². The average Bonchev–Trinajstić information content (AvgIpc) is 3.43. The Balaban J connectivity index is 1.66. The van der Waals surface area contributed by atoms with Crippen molar-refractivity contribution in [2.45, 2.75) is 6.92 Å². The van der Waals surface area contributed by atoms with E-state index in [1.54, 1.807) is 11.3 Å². The van der Waals surface area contributed by atoms with E-state index in [4.69, 9.17) is 21.3 Å². The molecule has 0 aliphatic rings. The molecule has 0 fully saturated rings. The summed E-state index contributed by atoms with van der Waals surface area (Å²) in [6, 6.07) is 24.8. The molecule has 35 heavy (non-hydrogen) atoms. The van der Waals surface area contributed by atoms with Crippen molar-refractivity contribution in [1.29, 1.82) is 5.41 Å². The summed E-state index contributed by atoms with van der Waals surface area (Å²) in [5.41, 5.74) is 4.92. The number of para-hydroxylation sites is 1. The van der Waals surface area contributed by atoms with Crippen LogP contribution in [0.1, 0.15) is 5.69 Å². The molecular weight excluding hydrogens is 454 g/mol. The monoisotopic (exact) mass is 473 g/mol. The molecule has 168 valence electrons. The third-order valence-electron chi connectivity index (χ3n) is 6.44. The quantitative estimate of drug-likeness (QED) is 0.333. The molecule has 4 aromatic heterocycles. The van der Waals surface area contributed by atoms with Crippen molar-refractivity contribution in [2.75, 3.05) is 5.84 Å². The van der Waals surface area contributed by atoms with Crippen LogP contribution < -0.4 is 11.3 Å². The van der Waals surface area contributed by atoms with E-state index in [2.05, 4.69) is 47.4 Å². The van der Waals surface area contributed by atoms with Gasteiger partial charge < -0.3 is 5.84 Å². The highest BCUT2D eigenvalue weighted by molar-refractivity contribution is 7.25. The van der Waals surface area contributed by atoms with Gasteiger partial charge in [0.05, 0.1) is 22.2 Å². The number of hydrogen-bond donors (Lipinski definition) is 2. The molecule has 3 aromatic carbocycles. The number of nitrogens with zero attached hydrogens (tertiary/aromatic N) is 5. The molecule has 0 aliphatic carbocycles. The lowest BCUT2D eigenvalue weighted by Crippen LogP contribution is -2.28. The van der Waals surface area contributed by atoms with Crippen molar-refractivity contribution in [3.05, 3.63) is 90.3 Å². The lowest BCUT2D eigenvalue weighted by Gasteiger charge is -2.11. The summed E-state index contributed by atoms with van der Waals surface area (Å²) in [6.45, 7) is 1.98. The van der Waals surface area contributed by atoms with E-state index in [1.807, 2.05) is 41.9 Å². The Kier molecular flexibility index (Phi) is 4.10. The van der Waals surface area contributed by atoms with Gasteiger partial charge in [-0.25, -0.2) is 19.3 Å². The minimum atomic E-state index is 0.154. The van der Waals surface area contributed by atoms with Crippen LogP contribution in [-0.4, -0.2) is 24.4 Å². The highest BCUT2D eigenvalue weighted by Gasteiger charge is 2.22. The SMILES string of the molecule is Cc1nn(-c2ccccc2)c2nc3ncn(N)c(=N)c3c(-c3ccc4sc5ccccc5c4c3)c12.